The van der Waals surface area contributed by atoms with E-state index in [0.29, 0.717) is 0 Å². The third kappa shape index (κ3) is 4.46. The molecule has 0 fully saturated rings. The van der Waals surface area contributed by atoms with Crippen LogP contribution in [0.4, 0.5) is 5.69 Å². The second kappa shape index (κ2) is 11.9. The first-order valence-corrected chi connectivity index (χ1v) is 19.0. The summed E-state index contributed by atoms with van der Waals surface area (Å²) in [7, 11) is 0. The molecule has 2 aliphatic rings. The van der Waals surface area contributed by atoms with Crippen molar-refractivity contribution in [3.63, 3.8) is 0 Å². The smallest absolute Gasteiger partial charge is 0.164 e. The van der Waals surface area contributed by atoms with Crippen molar-refractivity contribution in [2.75, 3.05) is 5.73 Å². The number of benzene rings is 7. The second-order valence-corrected chi connectivity index (χ2v) is 15.0. The molecule has 2 N–H and O–H groups in total. The van der Waals surface area contributed by atoms with Crippen LogP contribution in [-0.4, -0.2) is 14.5 Å². The minimum absolute atomic E-state index is 0.527. The molecule has 0 amide bonds. The van der Waals surface area contributed by atoms with Crippen molar-refractivity contribution in [3.8, 4) is 50.7 Å². The summed E-state index contributed by atoms with van der Waals surface area (Å²) in [6.07, 6.45) is 0. The molecular weight excluding hydrogens is 677 g/mol. The summed E-state index contributed by atoms with van der Waals surface area (Å²) in [6.45, 7) is 0. The van der Waals surface area contributed by atoms with Gasteiger partial charge in [0.1, 0.15) is 5.69 Å². The van der Waals surface area contributed by atoms with Crippen LogP contribution in [0.1, 0.15) is 22.3 Å². The van der Waals surface area contributed by atoms with Gasteiger partial charge in [-0.05, 0) is 99.6 Å². The molecule has 1 aliphatic carbocycles. The summed E-state index contributed by atoms with van der Waals surface area (Å²) < 4.78 is 2.32. The minimum atomic E-state index is -0.527. The topological polar surface area (TPSA) is 56.7 Å². The predicted octanol–water partition coefficient (Wildman–Crippen LogP) is 11.8. The third-order valence-corrected chi connectivity index (χ3v) is 12.2. The van der Waals surface area contributed by atoms with Gasteiger partial charge in [-0.3, -0.25) is 4.57 Å². The van der Waals surface area contributed by atoms with E-state index in [9.17, 15) is 0 Å². The van der Waals surface area contributed by atoms with Crippen molar-refractivity contribution in [2.45, 2.75) is 15.2 Å². The molecule has 2 aromatic heterocycles. The van der Waals surface area contributed by atoms with Gasteiger partial charge in [-0.1, -0.05) is 133 Å². The zero-order valence-electron chi connectivity index (χ0n) is 29.1. The lowest BCUT2D eigenvalue weighted by Crippen LogP contribution is -2.32. The summed E-state index contributed by atoms with van der Waals surface area (Å²) in [5, 5.41) is 0. The van der Waals surface area contributed by atoms with E-state index in [-0.39, 0.29) is 0 Å². The Labute approximate surface area is 317 Å². The average Bonchev–Trinajstić information content (AvgIpc) is 3.75. The lowest BCUT2D eigenvalue weighted by molar-refractivity contribution is 0.721. The summed E-state index contributed by atoms with van der Waals surface area (Å²) in [6, 6.07) is 64.9. The molecule has 0 saturated carbocycles. The molecule has 54 heavy (non-hydrogen) atoms. The molecular formula is C49H32N4S. The quantitative estimate of drug-likeness (QED) is 0.185. The molecule has 3 heterocycles. The molecule has 0 bridgehead atoms. The van der Waals surface area contributed by atoms with Crippen molar-refractivity contribution in [3.05, 3.63) is 204 Å². The molecule has 0 saturated heterocycles. The van der Waals surface area contributed by atoms with Crippen LogP contribution in [0, 0.1) is 0 Å². The van der Waals surface area contributed by atoms with Crippen LogP contribution < -0.4 is 5.73 Å². The third-order valence-electron chi connectivity index (χ3n) is 11.0. The Hall–Kier alpha value is -6.69. The van der Waals surface area contributed by atoms with Gasteiger partial charge in [0.2, 0.25) is 0 Å². The standard InChI is InChI=1S/C49H32N4S/c50-33-27-25-31(26-28-33)35-29-36-34-15-4-5-16-37(34)49(38-17-6-10-23-46(38)54-47-24-11-7-18-39(47)49)40(36)30-45(35)53-44-22-9-8-19-42(44)52-48(53)43-21-12-20-41(51-43)32-13-2-1-3-14-32/h1-30H,50H2. The predicted molar refractivity (Wildman–Crippen MR) is 221 cm³/mol. The number of pyridine rings is 1. The van der Waals surface area contributed by atoms with Gasteiger partial charge in [0.25, 0.3) is 0 Å². The van der Waals surface area contributed by atoms with E-state index in [1.807, 2.05) is 30.0 Å². The van der Waals surface area contributed by atoms with Gasteiger partial charge in [-0.2, -0.15) is 0 Å². The number of anilines is 1. The maximum atomic E-state index is 6.29. The van der Waals surface area contributed by atoms with Crippen molar-refractivity contribution in [1.82, 2.24) is 14.5 Å². The molecule has 7 aromatic carbocycles. The Morgan fingerprint density at radius 2 is 1.11 bits per heavy atom. The highest BCUT2D eigenvalue weighted by atomic mass is 32.2. The Bertz CT molecular complexity index is 2880. The zero-order chi connectivity index (χ0) is 35.8. The van der Waals surface area contributed by atoms with Crippen LogP contribution >= 0.6 is 11.8 Å². The van der Waals surface area contributed by atoms with Crippen LogP contribution in [0.15, 0.2) is 192 Å². The van der Waals surface area contributed by atoms with Crippen LogP contribution in [0.5, 0.6) is 0 Å². The Balaban J connectivity index is 1.27. The molecule has 11 rings (SSSR count). The van der Waals surface area contributed by atoms with Gasteiger partial charge in [-0.25, -0.2) is 9.97 Å². The second-order valence-electron chi connectivity index (χ2n) is 14.0. The number of nitrogen functional groups attached to an aromatic ring is 1. The summed E-state index contributed by atoms with van der Waals surface area (Å²) in [5.74, 6) is 0.787. The van der Waals surface area contributed by atoms with Gasteiger partial charge in [0, 0.05) is 26.6 Å². The number of hydrogen-bond acceptors (Lipinski definition) is 4. The van der Waals surface area contributed by atoms with Crippen LogP contribution in [0.25, 0.3) is 61.8 Å². The molecule has 5 heteroatoms. The van der Waals surface area contributed by atoms with Gasteiger partial charge in [0.05, 0.1) is 27.8 Å². The first kappa shape index (κ1) is 30.9. The number of rotatable bonds is 4. The molecule has 0 atom stereocenters. The van der Waals surface area contributed by atoms with Gasteiger partial charge < -0.3 is 5.73 Å². The van der Waals surface area contributed by atoms with Crippen LogP contribution in [-0.2, 0) is 5.41 Å². The summed E-state index contributed by atoms with van der Waals surface area (Å²) in [5.41, 5.74) is 22.0. The number of nitrogens with two attached hydrogens (primary N) is 1. The van der Waals surface area contributed by atoms with E-state index in [1.165, 1.54) is 43.2 Å². The van der Waals surface area contributed by atoms with E-state index in [0.717, 1.165) is 56.3 Å². The lowest BCUT2D eigenvalue weighted by atomic mass is 9.67. The van der Waals surface area contributed by atoms with Crippen LogP contribution in [0.2, 0.25) is 0 Å². The molecule has 0 unspecified atom stereocenters. The van der Waals surface area contributed by atoms with Crippen molar-refractivity contribution < 1.29 is 0 Å². The number of para-hydroxylation sites is 2. The van der Waals surface area contributed by atoms with Gasteiger partial charge >= 0.3 is 0 Å². The molecule has 0 radical (unpaired) electrons. The fourth-order valence-corrected chi connectivity index (χ4v) is 9.93. The van der Waals surface area contributed by atoms with E-state index < -0.39 is 5.41 Å². The van der Waals surface area contributed by atoms with E-state index >= 15 is 0 Å². The average molecular weight is 709 g/mol. The molecule has 1 spiro atoms. The Morgan fingerprint density at radius 1 is 0.463 bits per heavy atom. The Kier molecular flexibility index (Phi) is 6.82. The molecule has 4 nitrogen and oxygen atoms in total. The van der Waals surface area contributed by atoms with Gasteiger partial charge in [0.15, 0.2) is 5.82 Å². The largest absolute Gasteiger partial charge is 0.399 e. The van der Waals surface area contributed by atoms with Crippen LogP contribution in [0.3, 0.4) is 0 Å². The highest BCUT2D eigenvalue weighted by molar-refractivity contribution is 7.99. The number of aromatic nitrogens is 3. The lowest BCUT2D eigenvalue weighted by Gasteiger charge is -2.39. The first-order valence-electron chi connectivity index (χ1n) is 18.2. The highest BCUT2D eigenvalue weighted by Crippen LogP contribution is 2.63. The number of imidazole rings is 1. The summed E-state index contributed by atoms with van der Waals surface area (Å²) in [4.78, 5) is 13.1. The molecule has 1 aliphatic heterocycles. The highest BCUT2D eigenvalue weighted by Gasteiger charge is 2.50. The zero-order valence-corrected chi connectivity index (χ0v) is 30.0. The number of fused-ring (bicyclic) bond motifs is 10. The number of hydrogen-bond donors (Lipinski definition) is 1. The normalized spacial score (nSPS) is 13.3. The van der Waals surface area contributed by atoms with E-state index in [4.69, 9.17) is 15.7 Å². The fraction of sp³-hybridized carbons (Fsp3) is 0.0204. The molecule has 9 aromatic rings. The maximum absolute atomic E-state index is 6.29. The molecule has 254 valence electrons. The summed E-state index contributed by atoms with van der Waals surface area (Å²) >= 11 is 1.86. The number of nitrogens with zero attached hydrogens (tertiary/aromatic N) is 3. The van der Waals surface area contributed by atoms with E-state index in [1.54, 1.807) is 0 Å². The van der Waals surface area contributed by atoms with Crippen molar-refractivity contribution in [2.24, 2.45) is 0 Å². The van der Waals surface area contributed by atoms with E-state index in [2.05, 4.69) is 168 Å². The first-order chi connectivity index (χ1) is 26.7. The van der Waals surface area contributed by atoms with Crippen molar-refractivity contribution >= 4 is 28.5 Å². The maximum Gasteiger partial charge on any atom is 0.164 e. The fourth-order valence-electron chi connectivity index (χ4n) is 8.74. The monoisotopic (exact) mass is 708 g/mol. The van der Waals surface area contributed by atoms with Gasteiger partial charge in [-0.15, -0.1) is 0 Å². The SMILES string of the molecule is Nc1ccc(-c2cc3c(cc2-n2c(-c4cccc(-c5ccccc5)n4)nc4ccccc42)C2(c4ccccc4Sc4ccccc42)c2ccccc2-3)cc1. The van der Waals surface area contributed by atoms with Crippen molar-refractivity contribution in [1.29, 1.82) is 0 Å². The minimum Gasteiger partial charge on any atom is -0.399 e. The Morgan fingerprint density at radius 3 is 1.89 bits per heavy atom.